The SMILES string of the molecule is CCN(CC1CCNCC1)C(C)c1ccsc1. The van der Waals surface area contributed by atoms with Crippen molar-refractivity contribution in [1.29, 1.82) is 0 Å². The largest absolute Gasteiger partial charge is 0.317 e. The minimum atomic E-state index is 0.570. The first-order valence-corrected chi connectivity index (χ1v) is 7.72. The molecular formula is C14H24N2S. The molecule has 1 aliphatic heterocycles. The number of thiophene rings is 1. The van der Waals surface area contributed by atoms with Crippen LogP contribution in [-0.2, 0) is 0 Å². The van der Waals surface area contributed by atoms with Crippen LogP contribution in [0.1, 0.15) is 38.3 Å². The molecule has 1 unspecified atom stereocenters. The molecule has 0 saturated carbocycles. The summed E-state index contributed by atoms with van der Waals surface area (Å²) >= 11 is 1.81. The van der Waals surface area contributed by atoms with E-state index in [2.05, 4.69) is 40.9 Å². The summed E-state index contributed by atoms with van der Waals surface area (Å²) in [6.07, 6.45) is 2.68. The van der Waals surface area contributed by atoms with Gasteiger partial charge in [0.15, 0.2) is 0 Å². The van der Waals surface area contributed by atoms with Gasteiger partial charge in [0.1, 0.15) is 0 Å². The number of nitrogens with one attached hydrogen (secondary N) is 1. The summed E-state index contributed by atoms with van der Waals surface area (Å²) in [5, 5.41) is 7.92. The van der Waals surface area contributed by atoms with E-state index < -0.39 is 0 Å². The first kappa shape index (κ1) is 13.1. The predicted octanol–water partition coefficient (Wildman–Crippen LogP) is 3.13. The fourth-order valence-electron chi connectivity index (χ4n) is 2.68. The minimum Gasteiger partial charge on any atom is -0.317 e. The summed E-state index contributed by atoms with van der Waals surface area (Å²) in [5.41, 5.74) is 1.48. The van der Waals surface area contributed by atoms with Gasteiger partial charge in [-0.2, -0.15) is 11.3 Å². The Morgan fingerprint density at radius 3 is 2.82 bits per heavy atom. The normalized spacial score (nSPS) is 19.7. The first-order chi connectivity index (χ1) is 8.31. The fraction of sp³-hybridized carbons (Fsp3) is 0.714. The van der Waals surface area contributed by atoms with Gasteiger partial charge in [0.25, 0.3) is 0 Å². The molecule has 1 N–H and O–H groups in total. The molecule has 0 radical (unpaired) electrons. The Morgan fingerprint density at radius 1 is 1.47 bits per heavy atom. The van der Waals surface area contributed by atoms with Gasteiger partial charge < -0.3 is 5.32 Å². The monoisotopic (exact) mass is 252 g/mol. The third-order valence-corrected chi connectivity index (χ3v) is 4.63. The quantitative estimate of drug-likeness (QED) is 0.866. The maximum absolute atomic E-state index is 3.45. The number of hydrogen-bond acceptors (Lipinski definition) is 3. The number of rotatable bonds is 5. The molecule has 0 bridgehead atoms. The van der Waals surface area contributed by atoms with Crippen LogP contribution in [-0.4, -0.2) is 31.1 Å². The van der Waals surface area contributed by atoms with Crippen molar-refractivity contribution in [2.75, 3.05) is 26.2 Å². The maximum Gasteiger partial charge on any atom is 0.0328 e. The summed E-state index contributed by atoms with van der Waals surface area (Å²) in [6, 6.07) is 2.83. The number of hydrogen-bond donors (Lipinski definition) is 1. The molecule has 0 amide bonds. The zero-order valence-corrected chi connectivity index (χ0v) is 11.8. The summed E-state index contributed by atoms with van der Waals surface area (Å²) in [7, 11) is 0. The van der Waals surface area contributed by atoms with Gasteiger partial charge in [-0.15, -0.1) is 0 Å². The highest BCUT2D eigenvalue weighted by Gasteiger charge is 2.20. The molecule has 0 aliphatic carbocycles. The Bertz CT molecular complexity index is 304. The molecule has 1 aliphatic rings. The molecule has 1 saturated heterocycles. The first-order valence-electron chi connectivity index (χ1n) is 6.78. The van der Waals surface area contributed by atoms with Gasteiger partial charge in [-0.1, -0.05) is 6.92 Å². The Balaban J connectivity index is 1.91. The van der Waals surface area contributed by atoms with Crippen molar-refractivity contribution in [3.63, 3.8) is 0 Å². The Hall–Kier alpha value is -0.380. The van der Waals surface area contributed by atoms with Crippen LogP contribution < -0.4 is 5.32 Å². The average Bonchev–Trinajstić information content (AvgIpc) is 2.90. The van der Waals surface area contributed by atoms with Gasteiger partial charge in [0, 0.05) is 12.6 Å². The van der Waals surface area contributed by atoms with E-state index in [0.717, 1.165) is 12.5 Å². The van der Waals surface area contributed by atoms with Crippen LogP contribution in [0.3, 0.4) is 0 Å². The van der Waals surface area contributed by atoms with E-state index in [-0.39, 0.29) is 0 Å². The molecule has 2 nitrogen and oxygen atoms in total. The van der Waals surface area contributed by atoms with Crippen LogP contribution in [0.25, 0.3) is 0 Å². The van der Waals surface area contributed by atoms with E-state index in [1.807, 2.05) is 0 Å². The van der Waals surface area contributed by atoms with Crippen molar-refractivity contribution in [3.05, 3.63) is 22.4 Å². The molecule has 96 valence electrons. The third-order valence-electron chi connectivity index (χ3n) is 3.93. The zero-order chi connectivity index (χ0) is 12.1. The Labute approximate surface area is 109 Å². The van der Waals surface area contributed by atoms with Crippen molar-refractivity contribution in [1.82, 2.24) is 10.2 Å². The second-order valence-corrected chi connectivity index (χ2v) is 5.79. The van der Waals surface area contributed by atoms with E-state index in [9.17, 15) is 0 Å². The summed E-state index contributed by atoms with van der Waals surface area (Å²) in [6.45, 7) is 9.44. The topological polar surface area (TPSA) is 15.3 Å². The van der Waals surface area contributed by atoms with Gasteiger partial charge in [0.2, 0.25) is 0 Å². The lowest BCUT2D eigenvalue weighted by molar-refractivity contribution is 0.169. The maximum atomic E-state index is 3.45. The van der Waals surface area contributed by atoms with Crippen LogP contribution in [0, 0.1) is 5.92 Å². The van der Waals surface area contributed by atoms with Gasteiger partial charge >= 0.3 is 0 Å². The van der Waals surface area contributed by atoms with Crippen LogP contribution >= 0.6 is 11.3 Å². The third kappa shape index (κ3) is 3.54. The second kappa shape index (κ2) is 6.53. The molecule has 2 heterocycles. The highest BCUT2D eigenvalue weighted by Crippen LogP contribution is 2.24. The molecule has 0 aromatic carbocycles. The molecule has 2 rings (SSSR count). The lowest BCUT2D eigenvalue weighted by Gasteiger charge is -2.33. The molecule has 0 spiro atoms. The van der Waals surface area contributed by atoms with Gasteiger partial charge in [-0.25, -0.2) is 0 Å². The van der Waals surface area contributed by atoms with Crippen LogP contribution in [0.15, 0.2) is 16.8 Å². The van der Waals surface area contributed by atoms with E-state index >= 15 is 0 Å². The van der Waals surface area contributed by atoms with Crippen LogP contribution in [0.4, 0.5) is 0 Å². The summed E-state index contributed by atoms with van der Waals surface area (Å²) in [5.74, 6) is 0.886. The molecule has 3 heteroatoms. The van der Waals surface area contributed by atoms with Crippen LogP contribution in [0.2, 0.25) is 0 Å². The van der Waals surface area contributed by atoms with Crippen molar-refractivity contribution >= 4 is 11.3 Å². The molecular weight excluding hydrogens is 228 g/mol. The number of nitrogens with zero attached hydrogens (tertiary/aromatic N) is 1. The smallest absolute Gasteiger partial charge is 0.0328 e. The van der Waals surface area contributed by atoms with E-state index in [1.165, 1.54) is 38.0 Å². The Kier molecular flexibility index (Phi) is 5.01. The Morgan fingerprint density at radius 2 is 2.24 bits per heavy atom. The summed E-state index contributed by atoms with van der Waals surface area (Å²) < 4.78 is 0. The predicted molar refractivity (Wildman–Crippen MR) is 75.6 cm³/mol. The van der Waals surface area contributed by atoms with Crippen molar-refractivity contribution < 1.29 is 0 Å². The zero-order valence-electron chi connectivity index (χ0n) is 11.0. The van der Waals surface area contributed by atoms with E-state index in [4.69, 9.17) is 0 Å². The highest BCUT2D eigenvalue weighted by atomic mass is 32.1. The highest BCUT2D eigenvalue weighted by molar-refractivity contribution is 7.07. The van der Waals surface area contributed by atoms with Gasteiger partial charge in [-0.05, 0) is 67.7 Å². The standard InChI is InChI=1S/C14H24N2S/c1-3-16(10-13-4-7-15-8-5-13)12(2)14-6-9-17-11-14/h6,9,11-13,15H,3-5,7-8,10H2,1-2H3. The van der Waals surface area contributed by atoms with Crippen LogP contribution in [0.5, 0.6) is 0 Å². The van der Waals surface area contributed by atoms with Crippen molar-refractivity contribution in [3.8, 4) is 0 Å². The van der Waals surface area contributed by atoms with Crippen molar-refractivity contribution in [2.24, 2.45) is 5.92 Å². The average molecular weight is 252 g/mol. The second-order valence-electron chi connectivity index (χ2n) is 5.01. The lowest BCUT2D eigenvalue weighted by Crippen LogP contribution is -2.37. The lowest BCUT2D eigenvalue weighted by atomic mass is 9.96. The van der Waals surface area contributed by atoms with Crippen molar-refractivity contribution in [2.45, 2.75) is 32.7 Å². The molecule has 1 aromatic rings. The van der Waals surface area contributed by atoms with Gasteiger partial charge in [0.05, 0.1) is 0 Å². The fourth-order valence-corrected chi connectivity index (χ4v) is 3.43. The molecule has 1 fully saturated rings. The van der Waals surface area contributed by atoms with E-state index in [0.29, 0.717) is 6.04 Å². The molecule has 17 heavy (non-hydrogen) atoms. The van der Waals surface area contributed by atoms with Gasteiger partial charge in [-0.3, -0.25) is 4.90 Å². The molecule has 1 atom stereocenters. The summed E-state index contributed by atoms with van der Waals surface area (Å²) in [4.78, 5) is 2.62. The number of piperidine rings is 1. The molecule has 1 aromatic heterocycles. The van der Waals surface area contributed by atoms with E-state index in [1.54, 1.807) is 11.3 Å². The minimum absolute atomic E-state index is 0.570.